The molecule has 7 heteroatoms. The van der Waals surface area contributed by atoms with Crippen molar-refractivity contribution in [3.05, 3.63) is 39.4 Å². The van der Waals surface area contributed by atoms with E-state index in [4.69, 9.17) is 0 Å². The number of benzene rings is 1. The van der Waals surface area contributed by atoms with Crippen LogP contribution in [0.3, 0.4) is 0 Å². The topological polar surface area (TPSA) is 67.2 Å². The molecule has 0 bridgehead atoms. The lowest BCUT2D eigenvalue weighted by Gasteiger charge is -2.18. The highest BCUT2D eigenvalue weighted by Crippen LogP contribution is 2.14. The Morgan fingerprint density at radius 1 is 1.33 bits per heavy atom. The molecule has 0 radical (unpaired) electrons. The van der Waals surface area contributed by atoms with Crippen molar-refractivity contribution < 1.29 is 4.79 Å². The van der Waals surface area contributed by atoms with Gasteiger partial charge in [0.15, 0.2) is 0 Å². The van der Waals surface area contributed by atoms with Crippen molar-refractivity contribution >= 4 is 32.7 Å². The van der Waals surface area contributed by atoms with Crippen LogP contribution in [0.2, 0.25) is 0 Å². The lowest BCUT2D eigenvalue weighted by atomic mass is 10.2. The van der Waals surface area contributed by atoms with Gasteiger partial charge in [-0.2, -0.15) is 0 Å². The predicted octanol–water partition coefficient (Wildman–Crippen LogP) is 2.01. The largest absolute Gasteiger partial charge is 0.355 e. The summed E-state index contributed by atoms with van der Waals surface area (Å²) >= 11 is 3.36. The summed E-state index contributed by atoms with van der Waals surface area (Å²) in [6.07, 6.45) is 1.76. The molecule has 0 aliphatic heterocycles. The standard InChI is InChI=1S/C17H23BrN4O2/c1-3-21(4-2)10-8-19-16(23)7-9-22-12-20-15-6-5-13(18)11-14(15)17(22)24/h5-6,11-12H,3-4,7-10H2,1-2H3,(H,19,23). The fourth-order valence-electron chi connectivity index (χ4n) is 2.49. The average molecular weight is 395 g/mol. The number of rotatable bonds is 8. The molecule has 1 aromatic heterocycles. The van der Waals surface area contributed by atoms with E-state index < -0.39 is 0 Å². The number of hydrogen-bond acceptors (Lipinski definition) is 4. The van der Waals surface area contributed by atoms with Crippen LogP contribution >= 0.6 is 15.9 Å². The SMILES string of the molecule is CCN(CC)CCNC(=O)CCn1cnc2ccc(Br)cc2c1=O. The molecule has 0 unspecified atom stereocenters. The van der Waals surface area contributed by atoms with Crippen molar-refractivity contribution in [3.63, 3.8) is 0 Å². The number of nitrogens with zero attached hydrogens (tertiary/aromatic N) is 3. The number of aryl methyl sites for hydroxylation is 1. The molecule has 0 fully saturated rings. The monoisotopic (exact) mass is 394 g/mol. The average Bonchev–Trinajstić information content (AvgIpc) is 2.58. The molecule has 0 aliphatic rings. The van der Waals surface area contributed by atoms with Gasteiger partial charge in [-0.25, -0.2) is 4.98 Å². The van der Waals surface area contributed by atoms with Crippen molar-refractivity contribution in [1.82, 2.24) is 19.8 Å². The van der Waals surface area contributed by atoms with E-state index in [9.17, 15) is 9.59 Å². The third-order valence-electron chi connectivity index (χ3n) is 4.01. The van der Waals surface area contributed by atoms with Crippen molar-refractivity contribution in [3.8, 4) is 0 Å². The second kappa shape index (κ2) is 8.94. The van der Waals surface area contributed by atoms with Gasteiger partial charge in [-0.15, -0.1) is 0 Å². The summed E-state index contributed by atoms with van der Waals surface area (Å²) in [4.78, 5) is 30.9. The molecule has 0 spiro atoms. The van der Waals surface area contributed by atoms with Crippen LogP contribution in [-0.2, 0) is 11.3 Å². The first-order valence-electron chi connectivity index (χ1n) is 8.19. The number of amides is 1. The smallest absolute Gasteiger partial charge is 0.261 e. The third-order valence-corrected chi connectivity index (χ3v) is 4.50. The summed E-state index contributed by atoms with van der Waals surface area (Å²) in [7, 11) is 0. The molecule has 1 aromatic carbocycles. The van der Waals surface area contributed by atoms with Crippen molar-refractivity contribution in [2.45, 2.75) is 26.8 Å². The van der Waals surface area contributed by atoms with Crippen molar-refractivity contribution in [1.29, 1.82) is 0 Å². The fraction of sp³-hybridized carbons (Fsp3) is 0.471. The van der Waals surface area contributed by atoms with E-state index in [0.29, 0.717) is 24.0 Å². The normalized spacial score (nSPS) is 11.2. The summed E-state index contributed by atoms with van der Waals surface area (Å²) in [5, 5.41) is 3.44. The summed E-state index contributed by atoms with van der Waals surface area (Å²) in [6, 6.07) is 5.40. The Balaban J connectivity index is 1.92. The Morgan fingerprint density at radius 3 is 2.79 bits per heavy atom. The Labute approximate surface area is 150 Å². The Kier molecular flexibility index (Phi) is 6.93. The lowest BCUT2D eigenvalue weighted by Crippen LogP contribution is -2.35. The van der Waals surface area contributed by atoms with Crippen LogP contribution in [0.25, 0.3) is 10.9 Å². The quantitative estimate of drug-likeness (QED) is 0.743. The van der Waals surface area contributed by atoms with E-state index in [-0.39, 0.29) is 17.9 Å². The van der Waals surface area contributed by atoms with Crippen LogP contribution in [0.1, 0.15) is 20.3 Å². The molecular weight excluding hydrogens is 372 g/mol. The Morgan fingerprint density at radius 2 is 2.08 bits per heavy atom. The highest BCUT2D eigenvalue weighted by Gasteiger charge is 2.07. The molecule has 24 heavy (non-hydrogen) atoms. The van der Waals surface area contributed by atoms with Gasteiger partial charge < -0.3 is 10.2 Å². The molecule has 0 saturated carbocycles. The molecular formula is C17H23BrN4O2. The van der Waals surface area contributed by atoms with Crippen LogP contribution in [0, 0.1) is 0 Å². The summed E-state index contributed by atoms with van der Waals surface area (Å²) in [5.74, 6) is -0.0524. The molecule has 0 saturated heterocycles. The number of nitrogens with one attached hydrogen (secondary N) is 1. The first-order valence-corrected chi connectivity index (χ1v) is 8.98. The zero-order valence-corrected chi connectivity index (χ0v) is 15.7. The van der Waals surface area contributed by atoms with Gasteiger partial charge in [0.1, 0.15) is 0 Å². The van der Waals surface area contributed by atoms with Crippen molar-refractivity contribution in [2.24, 2.45) is 0 Å². The van der Waals surface area contributed by atoms with Crippen LogP contribution in [0.4, 0.5) is 0 Å². The van der Waals surface area contributed by atoms with E-state index in [0.717, 1.165) is 24.1 Å². The van der Waals surface area contributed by atoms with Gasteiger partial charge in [0.05, 0.1) is 17.2 Å². The number of fused-ring (bicyclic) bond motifs is 1. The summed E-state index contributed by atoms with van der Waals surface area (Å²) in [5.41, 5.74) is 0.528. The van der Waals surface area contributed by atoms with Gasteiger partial charge in [0.2, 0.25) is 5.91 Å². The number of halogens is 1. The molecule has 130 valence electrons. The highest BCUT2D eigenvalue weighted by molar-refractivity contribution is 9.10. The number of aromatic nitrogens is 2. The van der Waals surface area contributed by atoms with Gasteiger partial charge in [0.25, 0.3) is 5.56 Å². The minimum Gasteiger partial charge on any atom is -0.355 e. The van der Waals surface area contributed by atoms with Gasteiger partial charge in [-0.1, -0.05) is 29.8 Å². The Bertz CT molecular complexity index is 756. The van der Waals surface area contributed by atoms with E-state index in [2.05, 4.69) is 45.0 Å². The first kappa shape index (κ1) is 18.6. The molecule has 1 N–H and O–H groups in total. The van der Waals surface area contributed by atoms with Crippen LogP contribution in [0.15, 0.2) is 33.8 Å². The number of carbonyl (C=O) groups excluding carboxylic acids is 1. The third kappa shape index (κ3) is 4.88. The summed E-state index contributed by atoms with van der Waals surface area (Å²) in [6.45, 7) is 7.93. The first-order chi connectivity index (χ1) is 11.5. The highest BCUT2D eigenvalue weighted by atomic mass is 79.9. The van der Waals surface area contributed by atoms with Crippen LogP contribution in [0.5, 0.6) is 0 Å². The van der Waals surface area contributed by atoms with Crippen LogP contribution < -0.4 is 10.9 Å². The molecule has 1 amide bonds. The second-order valence-corrected chi connectivity index (χ2v) is 6.45. The van der Waals surface area contributed by atoms with E-state index in [1.54, 1.807) is 12.1 Å². The van der Waals surface area contributed by atoms with E-state index in [1.165, 1.54) is 10.9 Å². The maximum Gasteiger partial charge on any atom is 0.261 e. The van der Waals surface area contributed by atoms with E-state index >= 15 is 0 Å². The van der Waals surface area contributed by atoms with Gasteiger partial charge in [-0.3, -0.25) is 14.2 Å². The molecule has 0 aliphatic carbocycles. The van der Waals surface area contributed by atoms with Gasteiger partial charge >= 0.3 is 0 Å². The molecule has 0 atom stereocenters. The molecule has 2 aromatic rings. The maximum absolute atomic E-state index is 12.4. The number of hydrogen-bond donors (Lipinski definition) is 1. The Hall–Kier alpha value is -1.73. The molecule has 1 heterocycles. The minimum atomic E-state index is -0.128. The predicted molar refractivity (Wildman–Crippen MR) is 99.1 cm³/mol. The molecule has 2 rings (SSSR count). The maximum atomic E-state index is 12.4. The zero-order valence-electron chi connectivity index (χ0n) is 14.1. The zero-order chi connectivity index (χ0) is 17.5. The summed E-state index contributed by atoms with van der Waals surface area (Å²) < 4.78 is 2.32. The number of likely N-dealkylation sites (N-methyl/N-ethyl adjacent to an activating group) is 1. The van der Waals surface area contributed by atoms with Crippen LogP contribution in [-0.4, -0.2) is 46.5 Å². The number of carbonyl (C=O) groups is 1. The second-order valence-electron chi connectivity index (χ2n) is 5.53. The lowest BCUT2D eigenvalue weighted by molar-refractivity contribution is -0.121. The fourth-order valence-corrected chi connectivity index (χ4v) is 2.86. The van der Waals surface area contributed by atoms with Crippen molar-refractivity contribution in [2.75, 3.05) is 26.2 Å². The van der Waals surface area contributed by atoms with E-state index in [1.807, 2.05) is 6.07 Å². The molecule has 6 nitrogen and oxygen atoms in total. The minimum absolute atomic E-state index is 0.0524. The van der Waals surface area contributed by atoms with Gasteiger partial charge in [-0.05, 0) is 31.3 Å². The van der Waals surface area contributed by atoms with Gasteiger partial charge in [0, 0.05) is 30.5 Å².